The molecule has 2 heterocycles. The summed E-state index contributed by atoms with van der Waals surface area (Å²) in [7, 11) is 0. The van der Waals surface area contributed by atoms with Crippen molar-refractivity contribution in [3.63, 3.8) is 0 Å². The predicted molar refractivity (Wildman–Crippen MR) is 70.6 cm³/mol. The molecule has 1 amide bonds. The van der Waals surface area contributed by atoms with Crippen molar-refractivity contribution < 1.29 is 9.90 Å². The Bertz CT molecular complexity index is 558. The van der Waals surface area contributed by atoms with Gasteiger partial charge < -0.3 is 10.4 Å². The molecule has 5 nitrogen and oxygen atoms in total. The van der Waals surface area contributed by atoms with Crippen LogP contribution in [0.2, 0.25) is 0 Å². The van der Waals surface area contributed by atoms with Crippen LogP contribution in [0.25, 0.3) is 0 Å². The number of nitrogens with zero attached hydrogens (tertiary/aromatic N) is 2. The van der Waals surface area contributed by atoms with E-state index in [1.165, 1.54) is 12.3 Å². The average Bonchev–Trinajstić information content (AvgIpc) is 2.46. The Labute approximate surface area is 111 Å². The number of hydrogen-bond acceptors (Lipinski definition) is 4. The van der Waals surface area contributed by atoms with Gasteiger partial charge in [0.05, 0.1) is 6.04 Å². The SMILES string of the molecule is CC[C@H](NC(=O)c1ncccc1O)c1ccncc1. The summed E-state index contributed by atoms with van der Waals surface area (Å²) in [5, 5.41) is 12.5. The van der Waals surface area contributed by atoms with E-state index in [1.54, 1.807) is 18.5 Å². The first-order chi connectivity index (χ1) is 9.22. The second-order valence-electron chi connectivity index (χ2n) is 4.09. The lowest BCUT2D eigenvalue weighted by molar-refractivity contribution is 0.0927. The van der Waals surface area contributed by atoms with Crippen LogP contribution in [-0.2, 0) is 0 Å². The smallest absolute Gasteiger partial charge is 0.274 e. The Morgan fingerprint density at radius 1 is 1.32 bits per heavy atom. The van der Waals surface area contributed by atoms with Crippen LogP contribution in [0.4, 0.5) is 0 Å². The molecular formula is C14H15N3O2. The zero-order chi connectivity index (χ0) is 13.7. The van der Waals surface area contributed by atoms with Crippen LogP contribution < -0.4 is 5.32 Å². The molecule has 0 bridgehead atoms. The zero-order valence-corrected chi connectivity index (χ0v) is 10.6. The number of nitrogens with one attached hydrogen (secondary N) is 1. The molecule has 0 saturated heterocycles. The van der Waals surface area contributed by atoms with E-state index in [1.807, 2.05) is 19.1 Å². The third kappa shape index (κ3) is 3.07. The van der Waals surface area contributed by atoms with Gasteiger partial charge in [0.15, 0.2) is 5.69 Å². The number of rotatable bonds is 4. The Morgan fingerprint density at radius 3 is 2.68 bits per heavy atom. The highest BCUT2D eigenvalue weighted by molar-refractivity contribution is 5.94. The first-order valence-corrected chi connectivity index (χ1v) is 6.07. The van der Waals surface area contributed by atoms with Gasteiger partial charge in [-0.2, -0.15) is 0 Å². The van der Waals surface area contributed by atoms with Crippen molar-refractivity contribution >= 4 is 5.91 Å². The second-order valence-corrected chi connectivity index (χ2v) is 4.09. The summed E-state index contributed by atoms with van der Waals surface area (Å²) in [5.74, 6) is -0.508. The molecule has 0 fully saturated rings. The summed E-state index contributed by atoms with van der Waals surface area (Å²) in [5.41, 5.74) is 1.01. The topological polar surface area (TPSA) is 75.1 Å². The van der Waals surface area contributed by atoms with Gasteiger partial charge in [-0.1, -0.05) is 6.92 Å². The van der Waals surface area contributed by atoms with Crippen molar-refractivity contribution in [3.8, 4) is 5.75 Å². The summed E-state index contributed by atoms with van der Waals surface area (Å²) in [4.78, 5) is 19.9. The first kappa shape index (κ1) is 13.0. The molecule has 2 N–H and O–H groups in total. The van der Waals surface area contributed by atoms with Crippen molar-refractivity contribution in [2.45, 2.75) is 19.4 Å². The summed E-state index contributed by atoms with van der Waals surface area (Å²) >= 11 is 0. The number of pyridine rings is 2. The maximum absolute atomic E-state index is 12.1. The molecule has 2 aromatic heterocycles. The fourth-order valence-corrected chi connectivity index (χ4v) is 1.82. The molecule has 5 heteroatoms. The van der Waals surface area contributed by atoms with E-state index in [0.717, 1.165) is 12.0 Å². The van der Waals surface area contributed by atoms with Crippen LogP contribution in [0.3, 0.4) is 0 Å². The molecule has 0 aliphatic rings. The molecule has 2 aromatic rings. The van der Waals surface area contributed by atoms with E-state index in [0.29, 0.717) is 0 Å². The maximum atomic E-state index is 12.1. The lowest BCUT2D eigenvalue weighted by Gasteiger charge is -2.17. The van der Waals surface area contributed by atoms with Crippen molar-refractivity contribution in [3.05, 3.63) is 54.1 Å². The van der Waals surface area contributed by atoms with E-state index in [9.17, 15) is 9.90 Å². The van der Waals surface area contributed by atoms with Crippen LogP contribution in [0.5, 0.6) is 5.75 Å². The van der Waals surface area contributed by atoms with E-state index in [-0.39, 0.29) is 23.4 Å². The Kier molecular flexibility index (Phi) is 4.07. The number of carbonyl (C=O) groups is 1. The minimum atomic E-state index is -0.387. The van der Waals surface area contributed by atoms with Crippen molar-refractivity contribution in [1.82, 2.24) is 15.3 Å². The first-order valence-electron chi connectivity index (χ1n) is 6.07. The number of aromatic nitrogens is 2. The van der Waals surface area contributed by atoms with Crippen molar-refractivity contribution in [1.29, 1.82) is 0 Å². The summed E-state index contributed by atoms with van der Waals surface area (Å²) in [6.45, 7) is 1.98. The summed E-state index contributed by atoms with van der Waals surface area (Å²) in [6, 6.07) is 6.60. The highest BCUT2D eigenvalue weighted by Gasteiger charge is 2.17. The molecule has 0 radical (unpaired) electrons. The van der Waals surface area contributed by atoms with Crippen LogP contribution >= 0.6 is 0 Å². The predicted octanol–water partition coefficient (Wildman–Crippen LogP) is 2.06. The minimum absolute atomic E-state index is 0.0370. The third-order valence-corrected chi connectivity index (χ3v) is 2.82. The second kappa shape index (κ2) is 5.95. The maximum Gasteiger partial charge on any atom is 0.274 e. The zero-order valence-electron chi connectivity index (χ0n) is 10.6. The molecule has 98 valence electrons. The van der Waals surface area contributed by atoms with Gasteiger partial charge in [-0.3, -0.25) is 9.78 Å². The average molecular weight is 257 g/mol. The standard InChI is InChI=1S/C14H15N3O2/c1-2-11(10-5-8-15-9-6-10)17-14(19)13-12(18)4-3-7-16-13/h3-9,11,18H,2H2,1H3,(H,17,19)/t11-/m0/s1. The molecular weight excluding hydrogens is 242 g/mol. The van der Waals surface area contributed by atoms with Gasteiger partial charge in [-0.25, -0.2) is 4.98 Å². The van der Waals surface area contributed by atoms with Gasteiger partial charge in [-0.05, 0) is 36.2 Å². The summed E-state index contributed by atoms with van der Waals surface area (Å²) < 4.78 is 0. The molecule has 0 aliphatic carbocycles. The monoisotopic (exact) mass is 257 g/mol. The van der Waals surface area contributed by atoms with Crippen molar-refractivity contribution in [2.24, 2.45) is 0 Å². The Balaban J connectivity index is 2.16. The van der Waals surface area contributed by atoms with Gasteiger partial charge >= 0.3 is 0 Å². The largest absolute Gasteiger partial charge is 0.505 e. The molecule has 0 unspecified atom stereocenters. The van der Waals surface area contributed by atoms with Crippen molar-refractivity contribution in [2.75, 3.05) is 0 Å². The Morgan fingerprint density at radius 2 is 2.05 bits per heavy atom. The fourth-order valence-electron chi connectivity index (χ4n) is 1.82. The van der Waals surface area contributed by atoms with Crippen LogP contribution in [-0.4, -0.2) is 21.0 Å². The molecule has 0 saturated carbocycles. The van der Waals surface area contributed by atoms with E-state index in [4.69, 9.17) is 0 Å². The summed E-state index contributed by atoms with van der Waals surface area (Å²) in [6.07, 6.45) is 5.58. The van der Waals surface area contributed by atoms with Gasteiger partial charge in [0.1, 0.15) is 5.75 Å². The lowest BCUT2D eigenvalue weighted by atomic mass is 10.1. The number of amides is 1. The molecule has 0 aliphatic heterocycles. The molecule has 2 rings (SSSR count). The lowest BCUT2D eigenvalue weighted by Crippen LogP contribution is -2.28. The highest BCUT2D eigenvalue weighted by atomic mass is 16.3. The molecule has 0 aromatic carbocycles. The molecule has 19 heavy (non-hydrogen) atoms. The normalized spacial score (nSPS) is 11.8. The number of carbonyl (C=O) groups excluding carboxylic acids is 1. The van der Waals surface area contributed by atoms with Crippen LogP contribution in [0.15, 0.2) is 42.9 Å². The van der Waals surface area contributed by atoms with Crippen LogP contribution in [0.1, 0.15) is 35.4 Å². The number of aromatic hydroxyl groups is 1. The van der Waals surface area contributed by atoms with Gasteiger partial charge in [-0.15, -0.1) is 0 Å². The minimum Gasteiger partial charge on any atom is -0.505 e. The fraction of sp³-hybridized carbons (Fsp3) is 0.214. The van der Waals surface area contributed by atoms with Gasteiger partial charge in [0, 0.05) is 18.6 Å². The molecule has 0 spiro atoms. The third-order valence-electron chi connectivity index (χ3n) is 2.82. The molecule has 1 atom stereocenters. The van der Waals surface area contributed by atoms with E-state index >= 15 is 0 Å². The quantitative estimate of drug-likeness (QED) is 0.879. The van der Waals surface area contributed by atoms with E-state index < -0.39 is 0 Å². The highest BCUT2D eigenvalue weighted by Crippen LogP contribution is 2.18. The van der Waals surface area contributed by atoms with Gasteiger partial charge in [0.25, 0.3) is 5.91 Å². The Hall–Kier alpha value is -2.43. The van der Waals surface area contributed by atoms with E-state index in [2.05, 4.69) is 15.3 Å². The van der Waals surface area contributed by atoms with Crippen LogP contribution in [0, 0.1) is 0 Å². The van der Waals surface area contributed by atoms with Gasteiger partial charge in [0.2, 0.25) is 0 Å². The number of hydrogen-bond donors (Lipinski definition) is 2.